The second-order valence-electron chi connectivity index (χ2n) is 4.88. The fraction of sp³-hybridized carbons (Fsp3) is 0.571. The van der Waals surface area contributed by atoms with Crippen LogP contribution in [0.5, 0.6) is 0 Å². The molecule has 0 radical (unpaired) electrons. The van der Waals surface area contributed by atoms with Gasteiger partial charge in [0.1, 0.15) is 0 Å². The highest BCUT2D eigenvalue weighted by Crippen LogP contribution is 2.24. The zero-order chi connectivity index (χ0) is 12.1. The van der Waals surface area contributed by atoms with Gasteiger partial charge >= 0.3 is 0 Å². The average Bonchev–Trinajstić information content (AvgIpc) is 2.35. The quantitative estimate of drug-likeness (QED) is 0.843. The molecule has 1 aliphatic carbocycles. The van der Waals surface area contributed by atoms with Crippen LogP contribution >= 0.6 is 27.5 Å². The second kappa shape index (κ2) is 6.77. The van der Waals surface area contributed by atoms with Gasteiger partial charge in [0.15, 0.2) is 0 Å². The van der Waals surface area contributed by atoms with Crippen LogP contribution in [0.25, 0.3) is 0 Å². The van der Waals surface area contributed by atoms with Crippen LogP contribution in [0.15, 0.2) is 22.7 Å². The molecular weight excluding hydrogens is 298 g/mol. The maximum atomic E-state index is 6.07. The van der Waals surface area contributed by atoms with Crippen molar-refractivity contribution < 1.29 is 0 Å². The van der Waals surface area contributed by atoms with Gasteiger partial charge in [-0.3, -0.25) is 0 Å². The van der Waals surface area contributed by atoms with Gasteiger partial charge in [-0.2, -0.15) is 0 Å². The van der Waals surface area contributed by atoms with Crippen LogP contribution in [-0.2, 0) is 6.54 Å². The number of nitrogens with one attached hydrogen (secondary N) is 1. The minimum absolute atomic E-state index is 0.793. The molecule has 3 heteroatoms. The summed E-state index contributed by atoms with van der Waals surface area (Å²) in [6, 6.07) is 6.16. The van der Waals surface area contributed by atoms with Crippen molar-refractivity contribution in [1.29, 1.82) is 0 Å². The van der Waals surface area contributed by atoms with E-state index in [1.54, 1.807) is 0 Å². The Hall–Kier alpha value is -0.0500. The zero-order valence-electron chi connectivity index (χ0n) is 10.0. The Labute approximate surface area is 117 Å². The van der Waals surface area contributed by atoms with Crippen LogP contribution in [0.1, 0.15) is 37.7 Å². The Kier molecular flexibility index (Phi) is 5.33. The number of hydrogen-bond acceptors (Lipinski definition) is 1. The van der Waals surface area contributed by atoms with Gasteiger partial charge in [0.25, 0.3) is 0 Å². The molecule has 0 unspecified atom stereocenters. The molecule has 17 heavy (non-hydrogen) atoms. The van der Waals surface area contributed by atoms with Crippen LogP contribution in [-0.4, -0.2) is 6.54 Å². The molecule has 0 atom stereocenters. The van der Waals surface area contributed by atoms with Gasteiger partial charge < -0.3 is 5.32 Å². The van der Waals surface area contributed by atoms with Gasteiger partial charge in [-0.05, 0) is 58.9 Å². The summed E-state index contributed by atoms with van der Waals surface area (Å²) in [5.41, 5.74) is 1.26. The lowest BCUT2D eigenvalue weighted by molar-refractivity contribution is 0.342. The van der Waals surface area contributed by atoms with E-state index in [0.717, 1.165) is 28.5 Å². The molecule has 1 aromatic carbocycles. The van der Waals surface area contributed by atoms with Gasteiger partial charge in [-0.25, -0.2) is 0 Å². The van der Waals surface area contributed by atoms with E-state index in [0.29, 0.717) is 0 Å². The van der Waals surface area contributed by atoms with Crippen LogP contribution in [0.2, 0.25) is 5.02 Å². The molecule has 1 saturated carbocycles. The Morgan fingerprint density at radius 3 is 2.71 bits per heavy atom. The molecule has 0 heterocycles. The Balaban J connectivity index is 1.75. The molecule has 94 valence electrons. The van der Waals surface area contributed by atoms with Crippen LogP contribution in [0.3, 0.4) is 0 Å². The molecule has 1 aliphatic rings. The molecule has 1 fully saturated rings. The van der Waals surface area contributed by atoms with Crippen molar-refractivity contribution in [2.45, 2.75) is 38.6 Å². The Morgan fingerprint density at radius 2 is 2.00 bits per heavy atom. The maximum Gasteiger partial charge on any atom is 0.0551 e. The molecule has 0 spiro atoms. The Bertz CT molecular complexity index is 361. The molecule has 1 nitrogen and oxygen atoms in total. The third-order valence-corrected chi connectivity index (χ3v) is 4.70. The van der Waals surface area contributed by atoms with Crippen LogP contribution < -0.4 is 5.32 Å². The molecule has 1 N–H and O–H groups in total. The average molecular weight is 317 g/mol. The van der Waals surface area contributed by atoms with E-state index >= 15 is 0 Å². The van der Waals surface area contributed by atoms with Crippen molar-refractivity contribution in [1.82, 2.24) is 5.32 Å². The van der Waals surface area contributed by atoms with Crippen LogP contribution in [0, 0.1) is 5.92 Å². The van der Waals surface area contributed by atoms with E-state index in [-0.39, 0.29) is 0 Å². The van der Waals surface area contributed by atoms with Gasteiger partial charge in [-0.15, -0.1) is 0 Å². The summed E-state index contributed by atoms with van der Waals surface area (Å²) in [7, 11) is 0. The normalized spacial score (nSPS) is 17.3. The first-order chi connectivity index (χ1) is 8.25. The van der Waals surface area contributed by atoms with Gasteiger partial charge in [-0.1, -0.05) is 36.9 Å². The van der Waals surface area contributed by atoms with Gasteiger partial charge in [0.05, 0.1) is 5.02 Å². The molecule has 2 rings (SSSR count). The largest absolute Gasteiger partial charge is 0.312 e. The zero-order valence-corrected chi connectivity index (χ0v) is 12.4. The second-order valence-corrected chi connectivity index (χ2v) is 6.14. The van der Waals surface area contributed by atoms with Crippen molar-refractivity contribution in [3.05, 3.63) is 33.3 Å². The van der Waals surface area contributed by atoms with Crippen molar-refractivity contribution in [3.63, 3.8) is 0 Å². The van der Waals surface area contributed by atoms with Crippen molar-refractivity contribution in [2.24, 2.45) is 5.92 Å². The number of rotatable bonds is 4. The summed E-state index contributed by atoms with van der Waals surface area (Å²) in [5.74, 6) is 0.884. The molecule has 0 saturated heterocycles. The lowest BCUT2D eigenvalue weighted by Crippen LogP contribution is -2.24. The first kappa shape index (κ1) is 13.4. The summed E-state index contributed by atoms with van der Waals surface area (Å²) < 4.78 is 0.968. The van der Waals surface area contributed by atoms with Gasteiger partial charge in [0.2, 0.25) is 0 Å². The van der Waals surface area contributed by atoms with Crippen LogP contribution in [0.4, 0.5) is 0 Å². The summed E-state index contributed by atoms with van der Waals surface area (Å²) in [6.07, 6.45) is 7.05. The van der Waals surface area contributed by atoms with E-state index in [1.165, 1.54) is 37.7 Å². The fourth-order valence-corrected chi connectivity index (χ4v) is 2.91. The summed E-state index contributed by atoms with van der Waals surface area (Å²) in [4.78, 5) is 0. The smallest absolute Gasteiger partial charge is 0.0551 e. The van der Waals surface area contributed by atoms with E-state index in [4.69, 9.17) is 11.6 Å². The lowest BCUT2D eigenvalue weighted by Gasteiger charge is -2.21. The minimum Gasteiger partial charge on any atom is -0.312 e. The molecule has 0 bridgehead atoms. The molecule has 0 amide bonds. The third-order valence-electron chi connectivity index (χ3n) is 3.47. The minimum atomic E-state index is 0.793. The lowest BCUT2D eigenvalue weighted by atomic mass is 9.89. The van der Waals surface area contributed by atoms with Crippen molar-refractivity contribution in [2.75, 3.05) is 6.54 Å². The third kappa shape index (κ3) is 4.27. The predicted molar refractivity (Wildman–Crippen MR) is 77.4 cm³/mol. The first-order valence-corrected chi connectivity index (χ1v) is 7.57. The number of hydrogen-bond donors (Lipinski definition) is 1. The summed E-state index contributed by atoms with van der Waals surface area (Å²) >= 11 is 9.47. The number of halogens is 2. The SMILES string of the molecule is Clc1cc(CNCC2CCCCC2)ccc1Br. The Morgan fingerprint density at radius 1 is 1.24 bits per heavy atom. The fourth-order valence-electron chi connectivity index (χ4n) is 2.46. The number of benzene rings is 1. The highest BCUT2D eigenvalue weighted by Gasteiger charge is 2.12. The van der Waals surface area contributed by atoms with E-state index < -0.39 is 0 Å². The summed E-state index contributed by atoms with van der Waals surface area (Å²) in [5, 5.41) is 4.34. The highest BCUT2D eigenvalue weighted by atomic mass is 79.9. The van der Waals surface area contributed by atoms with E-state index in [1.807, 2.05) is 12.1 Å². The summed E-state index contributed by atoms with van der Waals surface area (Å²) in [6.45, 7) is 2.07. The van der Waals surface area contributed by atoms with E-state index in [9.17, 15) is 0 Å². The van der Waals surface area contributed by atoms with Crippen molar-refractivity contribution in [3.8, 4) is 0 Å². The molecule has 1 aromatic rings. The predicted octanol–water partition coefficient (Wildman–Crippen LogP) is 4.77. The molecule has 0 aliphatic heterocycles. The van der Waals surface area contributed by atoms with E-state index in [2.05, 4.69) is 27.3 Å². The molecule has 0 aromatic heterocycles. The highest BCUT2D eigenvalue weighted by molar-refractivity contribution is 9.10. The first-order valence-electron chi connectivity index (χ1n) is 6.40. The van der Waals surface area contributed by atoms with Gasteiger partial charge in [0, 0.05) is 11.0 Å². The molecular formula is C14H19BrClN. The van der Waals surface area contributed by atoms with Crippen molar-refractivity contribution >= 4 is 27.5 Å². The maximum absolute atomic E-state index is 6.07. The monoisotopic (exact) mass is 315 g/mol. The topological polar surface area (TPSA) is 12.0 Å². The standard InChI is InChI=1S/C14H19BrClN/c15-13-7-6-12(8-14(13)16)10-17-9-11-4-2-1-3-5-11/h6-8,11,17H,1-5,9-10H2.